The zero-order chi connectivity index (χ0) is 16.9. The van der Waals surface area contributed by atoms with Crippen molar-refractivity contribution in [2.24, 2.45) is 0 Å². The van der Waals surface area contributed by atoms with Crippen molar-refractivity contribution < 1.29 is 14.3 Å². The van der Waals surface area contributed by atoms with Gasteiger partial charge in [0.1, 0.15) is 5.56 Å². The first-order chi connectivity index (χ1) is 11.7. The number of ether oxygens (including phenoxy) is 2. The van der Waals surface area contributed by atoms with Crippen molar-refractivity contribution in [3.63, 3.8) is 0 Å². The average Bonchev–Trinajstić information content (AvgIpc) is 3.04. The van der Waals surface area contributed by atoms with Crippen molar-refractivity contribution in [3.8, 4) is 5.88 Å². The van der Waals surface area contributed by atoms with Crippen LogP contribution < -0.4 is 10.1 Å². The Balaban J connectivity index is 1.65. The summed E-state index contributed by atoms with van der Waals surface area (Å²) in [6, 6.07) is 3.72. The highest BCUT2D eigenvalue weighted by Crippen LogP contribution is 2.18. The molecule has 132 valence electrons. The molecule has 0 spiro atoms. The average molecular weight is 334 g/mol. The van der Waals surface area contributed by atoms with Crippen molar-refractivity contribution in [2.75, 3.05) is 53.0 Å². The van der Waals surface area contributed by atoms with E-state index in [1.807, 2.05) is 6.92 Å². The van der Waals surface area contributed by atoms with Crippen molar-refractivity contribution in [3.05, 3.63) is 23.9 Å². The van der Waals surface area contributed by atoms with Crippen molar-refractivity contribution in [1.29, 1.82) is 0 Å². The molecule has 2 fully saturated rings. The maximum atomic E-state index is 12.7. The number of hydrogen-bond donors (Lipinski definition) is 1. The topological polar surface area (TPSA) is 66.9 Å². The number of rotatable bonds is 5. The first kappa shape index (κ1) is 17.1. The van der Waals surface area contributed by atoms with E-state index in [0.29, 0.717) is 31.3 Å². The van der Waals surface area contributed by atoms with E-state index in [4.69, 9.17) is 9.47 Å². The summed E-state index contributed by atoms with van der Waals surface area (Å²) in [6.07, 6.45) is 1.63. The van der Waals surface area contributed by atoms with Crippen LogP contribution in [0.1, 0.15) is 17.3 Å². The molecule has 0 saturated carbocycles. The number of hydrogen-bond acceptors (Lipinski definition) is 6. The van der Waals surface area contributed by atoms with E-state index < -0.39 is 0 Å². The molecule has 0 aromatic carbocycles. The van der Waals surface area contributed by atoms with Crippen LogP contribution in [0.2, 0.25) is 0 Å². The number of carbonyl (C=O) groups excluding carboxylic acids is 1. The lowest BCUT2D eigenvalue weighted by Crippen LogP contribution is -2.56. The van der Waals surface area contributed by atoms with Crippen LogP contribution in [-0.4, -0.2) is 85.8 Å². The third kappa shape index (κ3) is 3.85. The summed E-state index contributed by atoms with van der Waals surface area (Å²) < 4.78 is 11.1. The van der Waals surface area contributed by atoms with Gasteiger partial charge in [0.15, 0.2) is 0 Å². The Morgan fingerprint density at radius 2 is 2.17 bits per heavy atom. The Morgan fingerprint density at radius 1 is 1.38 bits per heavy atom. The second-order valence-electron chi connectivity index (χ2n) is 6.31. The third-order valence-corrected chi connectivity index (χ3v) is 4.67. The van der Waals surface area contributed by atoms with E-state index in [-0.39, 0.29) is 18.0 Å². The largest absolute Gasteiger partial charge is 0.477 e. The first-order valence-electron chi connectivity index (χ1n) is 8.58. The molecule has 1 N–H and O–H groups in total. The summed E-state index contributed by atoms with van der Waals surface area (Å²) in [5.74, 6) is 0.230. The van der Waals surface area contributed by atoms with Crippen LogP contribution >= 0.6 is 0 Å². The molecule has 0 bridgehead atoms. The number of pyridine rings is 1. The summed E-state index contributed by atoms with van der Waals surface area (Å²) in [7, 11) is 2.14. The molecule has 0 radical (unpaired) electrons. The molecule has 2 saturated heterocycles. The Labute approximate surface area is 142 Å². The number of aromatic nitrogens is 1. The molecule has 1 aromatic heterocycles. The number of nitrogens with one attached hydrogen (secondary N) is 1. The molecule has 1 amide bonds. The van der Waals surface area contributed by atoms with Gasteiger partial charge in [0.05, 0.1) is 31.9 Å². The Hall–Kier alpha value is -1.70. The second kappa shape index (κ2) is 7.92. The van der Waals surface area contributed by atoms with E-state index in [2.05, 4.69) is 27.1 Å². The predicted octanol–water partition coefficient (Wildman–Crippen LogP) is 0.225. The van der Waals surface area contributed by atoms with E-state index in [9.17, 15) is 4.79 Å². The zero-order valence-electron chi connectivity index (χ0n) is 14.4. The van der Waals surface area contributed by atoms with Gasteiger partial charge in [-0.15, -0.1) is 0 Å². The molecule has 0 aliphatic carbocycles. The Kier molecular flexibility index (Phi) is 5.65. The van der Waals surface area contributed by atoms with E-state index in [1.165, 1.54) is 0 Å². The lowest BCUT2D eigenvalue weighted by atomic mass is 10.1. The fourth-order valence-corrected chi connectivity index (χ4v) is 3.26. The highest BCUT2D eigenvalue weighted by Gasteiger charge is 2.35. The van der Waals surface area contributed by atoms with E-state index >= 15 is 0 Å². The summed E-state index contributed by atoms with van der Waals surface area (Å²) in [4.78, 5) is 21.6. The molecule has 7 heteroatoms. The first-order valence-corrected chi connectivity index (χ1v) is 8.58. The molecule has 1 aromatic rings. The summed E-state index contributed by atoms with van der Waals surface area (Å²) in [5, 5.41) is 3.11. The van der Waals surface area contributed by atoms with Crippen molar-refractivity contribution in [2.45, 2.75) is 19.0 Å². The molecule has 2 aliphatic rings. The van der Waals surface area contributed by atoms with Gasteiger partial charge >= 0.3 is 0 Å². The van der Waals surface area contributed by atoms with Gasteiger partial charge in [-0.2, -0.15) is 0 Å². The van der Waals surface area contributed by atoms with Crippen LogP contribution in [0.4, 0.5) is 0 Å². The maximum Gasteiger partial charge on any atom is 0.257 e. The molecule has 24 heavy (non-hydrogen) atoms. The lowest BCUT2D eigenvalue weighted by Gasteiger charge is -2.38. The minimum atomic E-state index is -0.152. The van der Waals surface area contributed by atoms with E-state index in [1.54, 1.807) is 18.3 Å². The minimum Gasteiger partial charge on any atom is -0.477 e. The second-order valence-corrected chi connectivity index (χ2v) is 6.31. The van der Waals surface area contributed by atoms with Crippen LogP contribution in [0.5, 0.6) is 5.88 Å². The normalized spacial score (nSPS) is 25.6. The summed E-state index contributed by atoms with van der Waals surface area (Å²) >= 11 is 0. The number of piperazine rings is 1. The predicted molar refractivity (Wildman–Crippen MR) is 90.3 cm³/mol. The number of amides is 1. The highest BCUT2D eigenvalue weighted by atomic mass is 16.5. The molecule has 7 nitrogen and oxygen atoms in total. The van der Waals surface area contributed by atoms with Gasteiger partial charge in [0.2, 0.25) is 5.88 Å². The van der Waals surface area contributed by atoms with Crippen LogP contribution in [0.25, 0.3) is 0 Å². The van der Waals surface area contributed by atoms with Gasteiger partial charge in [0.25, 0.3) is 5.91 Å². The molecule has 0 unspecified atom stereocenters. The molecule has 2 atom stereocenters. The van der Waals surface area contributed by atoms with Crippen LogP contribution in [0.15, 0.2) is 18.3 Å². The van der Waals surface area contributed by atoms with Gasteiger partial charge in [-0.3, -0.25) is 9.69 Å². The maximum absolute atomic E-state index is 12.7. The van der Waals surface area contributed by atoms with Crippen LogP contribution in [0, 0.1) is 0 Å². The molecule has 2 aliphatic heterocycles. The van der Waals surface area contributed by atoms with Gasteiger partial charge in [-0.1, -0.05) is 0 Å². The van der Waals surface area contributed by atoms with E-state index in [0.717, 1.165) is 26.2 Å². The number of carbonyl (C=O) groups is 1. The van der Waals surface area contributed by atoms with Gasteiger partial charge in [-0.25, -0.2) is 4.98 Å². The van der Waals surface area contributed by atoms with Gasteiger partial charge in [0, 0.05) is 32.4 Å². The Bertz CT molecular complexity index is 561. The van der Waals surface area contributed by atoms with Crippen LogP contribution in [-0.2, 0) is 4.74 Å². The molecular formula is C17H26N4O3. The van der Waals surface area contributed by atoms with Crippen molar-refractivity contribution >= 4 is 5.91 Å². The molecular weight excluding hydrogens is 308 g/mol. The molecule has 3 heterocycles. The summed E-state index contributed by atoms with van der Waals surface area (Å²) in [6.45, 7) is 7.69. The quantitative estimate of drug-likeness (QED) is 0.831. The monoisotopic (exact) mass is 334 g/mol. The zero-order valence-corrected chi connectivity index (χ0v) is 14.4. The van der Waals surface area contributed by atoms with Gasteiger partial charge in [-0.05, 0) is 26.1 Å². The highest BCUT2D eigenvalue weighted by molar-refractivity contribution is 5.96. The minimum absolute atomic E-state index is 0.00408. The number of likely N-dealkylation sites (N-methyl/N-ethyl adjacent to an activating group) is 1. The van der Waals surface area contributed by atoms with Gasteiger partial charge < -0.3 is 19.7 Å². The smallest absolute Gasteiger partial charge is 0.257 e. The fourth-order valence-electron chi connectivity index (χ4n) is 3.26. The fraction of sp³-hybridized carbons (Fsp3) is 0.647. The lowest BCUT2D eigenvalue weighted by molar-refractivity contribution is 0.0826. The SMILES string of the molecule is CCOc1ncccc1C(=O)N[C@H]1COC[C@@H]1N1CCN(C)CC1. The third-order valence-electron chi connectivity index (χ3n) is 4.67. The van der Waals surface area contributed by atoms with Crippen molar-refractivity contribution in [1.82, 2.24) is 20.1 Å². The van der Waals surface area contributed by atoms with Crippen LogP contribution in [0.3, 0.4) is 0 Å². The molecule has 3 rings (SSSR count). The Morgan fingerprint density at radius 3 is 2.92 bits per heavy atom. The standard InChI is InChI=1S/C17H26N4O3/c1-3-24-17-13(5-4-6-18-17)16(22)19-14-11-23-12-15(14)21-9-7-20(2)8-10-21/h4-6,14-15H,3,7-12H2,1-2H3,(H,19,22)/t14-,15-/m0/s1. The number of nitrogens with zero attached hydrogens (tertiary/aromatic N) is 3. The summed E-state index contributed by atoms with van der Waals surface area (Å²) in [5.41, 5.74) is 0.475.